The van der Waals surface area contributed by atoms with Gasteiger partial charge < -0.3 is 15.2 Å². The number of amides is 1. The zero-order valence-electron chi connectivity index (χ0n) is 11.7. The van der Waals surface area contributed by atoms with Crippen molar-refractivity contribution in [2.75, 3.05) is 13.1 Å². The van der Waals surface area contributed by atoms with E-state index < -0.39 is 0 Å². The Hall–Kier alpha value is -1.88. The summed E-state index contributed by atoms with van der Waals surface area (Å²) in [6, 6.07) is 4.55. The minimum atomic E-state index is 0.186. The topological polar surface area (TPSA) is 61.0 Å². The highest BCUT2D eigenvalue weighted by Gasteiger charge is 2.20. The maximum absolute atomic E-state index is 11.3. The molecule has 5 heteroatoms. The van der Waals surface area contributed by atoms with E-state index in [1.54, 1.807) is 13.1 Å². The predicted molar refractivity (Wildman–Crippen MR) is 78.2 cm³/mol. The smallest absolute Gasteiger partial charge is 0.219 e. The molecule has 1 saturated heterocycles. The molecule has 2 aromatic rings. The first kappa shape index (κ1) is 13.1. The molecular formula is C15H20N4O. The van der Waals surface area contributed by atoms with Gasteiger partial charge in [0.15, 0.2) is 0 Å². The van der Waals surface area contributed by atoms with Gasteiger partial charge in [-0.15, -0.1) is 0 Å². The lowest BCUT2D eigenvalue weighted by Crippen LogP contribution is -2.43. The molecule has 0 spiro atoms. The van der Waals surface area contributed by atoms with E-state index >= 15 is 0 Å². The highest BCUT2D eigenvalue weighted by molar-refractivity contribution is 5.79. The third-order valence-corrected chi connectivity index (χ3v) is 4.06. The molecule has 5 nitrogen and oxygen atoms in total. The Morgan fingerprint density at radius 3 is 3.05 bits per heavy atom. The predicted octanol–water partition coefficient (Wildman–Crippen LogP) is 1.66. The Labute approximate surface area is 118 Å². The van der Waals surface area contributed by atoms with E-state index in [-0.39, 0.29) is 5.91 Å². The van der Waals surface area contributed by atoms with E-state index in [0.29, 0.717) is 6.04 Å². The number of likely N-dealkylation sites (tertiary alicyclic amines) is 1. The minimum absolute atomic E-state index is 0.186. The number of nitrogens with one attached hydrogen (secondary N) is 2. The highest BCUT2D eigenvalue weighted by Crippen LogP contribution is 2.17. The van der Waals surface area contributed by atoms with Gasteiger partial charge in [0, 0.05) is 50.4 Å². The first-order valence-corrected chi connectivity index (χ1v) is 7.14. The molecule has 20 heavy (non-hydrogen) atoms. The second kappa shape index (κ2) is 5.63. The minimum Gasteiger partial charge on any atom is -0.346 e. The van der Waals surface area contributed by atoms with Crippen molar-refractivity contribution in [1.29, 1.82) is 0 Å². The number of fused-ring (bicyclic) bond motifs is 1. The van der Waals surface area contributed by atoms with Crippen molar-refractivity contribution in [2.45, 2.75) is 32.4 Å². The lowest BCUT2D eigenvalue weighted by molar-refractivity contribution is -0.129. The lowest BCUT2D eigenvalue weighted by Gasteiger charge is -2.31. The van der Waals surface area contributed by atoms with Crippen LogP contribution in [0.15, 0.2) is 24.5 Å². The van der Waals surface area contributed by atoms with E-state index in [1.165, 1.54) is 10.9 Å². The second-order valence-electron chi connectivity index (χ2n) is 5.37. The molecule has 106 valence electrons. The maximum atomic E-state index is 11.3. The second-order valence-corrected chi connectivity index (χ2v) is 5.37. The monoisotopic (exact) mass is 272 g/mol. The summed E-state index contributed by atoms with van der Waals surface area (Å²) in [5, 5.41) is 4.77. The van der Waals surface area contributed by atoms with Crippen molar-refractivity contribution < 1.29 is 4.79 Å². The fourth-order valence-electron chi connectivity index (χ4n) is 2.81. The van der Waals surface area contributed by atoms with Gasteiger partial charge in [-0.25, -0.2) is 4.98 Å². The number of carbonyl (C=O) groups excluding carboxylic acids is 1. The summed E-state index contributed by atoms with van der Waals surface area (Å²) >= 11 is 0. The van der Waals surface area contributed by atoms with Gasteiger partial charge in [-0.05, 0) is 30.5 Å². The Morgan fingerprint density at radius 1 is 1.50 bits per heavy atom. The molecule has 0 aromatic carbocycles. The van der Waals surface area contributed by atoms with E-state index in [0.717, 1.165) is 38.1 Å². The molecule has 0 unspecified atom stereocenters. The van der Waals surface area contributed by atoms with Gasteiger partial charge >= 0.3 is 0 Å². The van der Waals surface area contributed by atoms with Crippen LogP contribution < -0.4 is 5.32 Å². The normalized spacial score (nSPS) is 16.8. The van der Waals surface area contributed by atoms with Gasteiger partial charge in [0.25, 0.3) is 0 Å². The first-order valence-electron chi connectivity index (χ1n) is 7.14. The summed E-state index contributed by atoms with van der Waals surface area (Å²) in [6.07, 6.45) is 5.88. The van der Waals surface area contributed by atoms with Crippen LogP contribution in [-0.4, -0.2) is 39.9 Å². The van der Waals surface area contributed by atoms with Crippen molar-refractivity contribution in [2.24, 2.45) is 0 Å². The Kier molecular flexibility index (Phi) is 3.69. The van der Waals surface area contributed by atoms with Gasteiger partial charge in [0.2, 0.25) is 5.91 Å². The zero-order valence-corrected chi connectivity index (χ0v) is 11.7. The van der Waals surface area contributed by atoms with E-state index in [9.17, 15) is 4.79 Å². The van der Waals surface area contributed by atoms with Crippen LogP contribution in [-0.2, 0) is 11.3 Å². The molecule has 1 amide bonds. The van der Waals surface area contributed by atoms with Crippen LogP contribution in [0.5, 0.6) is 0 Å². The number of nitrogens with zero attached hydrogens (tertiary/aromatic N) is 2. The number of aromatic amines is 1. The van der Waals surface area contributed by atoms with E-state index in [1.807, 2.05) is 17.2 Å². The number of piperidine rings is 1. The molecule has 1 aliphatic heterocycles. The van der Waals surface area contributed by atoms with Crippen molar-refractivity contribution >= 4 is 16.9 Å². The number of aromatic nitrogens is 2. The summed E-state index contributed by atoms with van der Waals surface area (Å²) in [5.74, 6) is 0.186. The molecule has 2 N–H and O–H groups in total. The summed E-state index contributed by atoms with van der Waals surface area (Å²) in [7, 11) is 0. The maximum Gasteiger partial charge on any atom is 0.219 e. The molecule has 0 aliphatic carbocycles. The molecule has 0 atom stereocenters. The first-order chi connectivity index (χ1) is 9.74. The average molecular weight is 272 g/mol. The number of rotatable bonds is 3. The molecule has 1 aliphatic rings. The molecule has 3 rings (SSSR count). The lowest BCUT2D eigenvalue weighted by atomic mass is 10.0. The van der Waals surface area contributed by atoms with Crippen LogP contribution in [0.4, 0.5) is 0 Å². The van der Waals surface area contributed by atoms with Crippen LogP contribution in [0.3, 0.4) is 0 Å². The Morgan fingerprint density at radius 2 is 2.30 bits per heavy atom. The van der Waals surface area contributed by atoms with E-state index in [4.69, 9.17) is 0 Å². The third kappa shape index (κ3) is 2.67. The number of hydrogen-bond donors (Lipinski definition) is 2. The average Bonchev–Trinajstić information content (AvgIpc) is 2.89. The van der Waals surface area contributed by atoms with Crippen LogP contribution >= 0.6 is 0 Å². The van der Waals surface area contributed by atoms with Crippen LogP contribution in [0.2, 0.25) is 0 Å². The van der Waals surface area contributed by atoms with Gasteiger partial charge in [-0.1, -0.05) is 0 Å². The fraction of sp³-hybridized carbons (Fsp3) is 0.467. The van der Waals surface area contributed by atoms with Crippen LogP contribution in [0, 0.1) is 0 Å². The number of carbonyl (C=O) groups is 1. The van der Waals surface area contributed by atoms with Crippen molar-refractivity contribution in [3.05, 3.63) is 30.1 Å². The van der Waals surface area contributed by atoms with Gasteiger partial charge in [0.05, 0.1) is 0 Å². The van der Waals surface area contributed by atoms with Crippen molar-refractivity contribution in [1.82, 2.24) is 20.2 Å². The highest BCUT2D eigenvalue weighted by atomic mass is 16.2. The summed E-state index contributed by atoms with van der Waals surface area (Å²) in [6.45, 7) is 4.22. The number of H-pyrrole nitrogens is 1. The van der Waals surface area contributed by atoms with E-state index in [2.05, 4.69) is 21.4 Å². The fourth-order valence-corrected chi connectivity index (χ4v) is 2.81. The third-order valence-electron chi connectivity index (χ3n) is 4.06. The SMILES string of the molecule is CC(=O)N1CCC(NCc2c[nH]c3ncccc23)CC1. The summed E-state index contributed by atoms with van der Waals surface area (Å²) < 4.78 is 0. The van der Waals surface area contributed by atoms with Crippen LogP contribution in [0.25, 0.3) is 11.0 Å². The van der Waals surface area contributed by atoms with Crippen LogP contribution in [0.1, 0.15) is 25.3 Å². The van der Waals surface area contributed by atoms with Gasteiger partial charge in [-0.3, -0.25) is 4.79 Å². The molecule has 3 heterocycles. The van der Waals surface area contributed by atoms with Crippen molar-refractivity contribution in [3.8, 4) is 0 Å². The zero-order chi connectivity index (χ0) is 13.9. The Balaban J connectivity index is 1.57. The molecule has 1 fully saturated rings. The molecular weight excluding hydrogens is 252 g/mol. The number of pyridine rings is 1. The molecule has 0 radical (unpaired) electrons. The van der Waals surface area contributed by atoms with Gasteiger partial charge in [0.1, 0.15) is 5.65 Å². The quantitative estimate of drug-likeness (QED) is 0.893. The molecule has 0 bridgehead atoms. The van der Waals surface area contributed by atoms with Crippen molar-refractivity contribution in [3.63, 3.8) is 0 Å². The number of hydrogen-bond acceptors (Lipinski definition) is 3. The summed E-state index contributed by atoms with van der Waals surface area (Å²) in [5.41, 5.74) is 2.19. The summed E-state index contributed by atoms with van der Waals surface area (Å²) in [4.78, 5) is 20.7. The Bertz CT molecular complexity index is 599. The molecule has 0 saturated carbocycles. The van der Waals surface area contributed by atoms with Gasteiger partial charge in [-0.2, -0.15) is 0 Å². The molecule has 2 aromatic heterocycles. The largest absolute Gasteiger partial charge is 0.346 e. The standard InChI is InChI=1S/C15H20N4O/c1-11(20)19-7-4-13(5-8-19)17-9-12-10-18-15-14(12)3-2-6-16-15/h2-3,6,10,13,17H,4-5,7-9H2,1H3,(H,16,18).